The molecule has 0 unspecified atom stereocenters. The number of carbonyl (C=O) groups excluding carboxylic acids is 1. The third-order valence-corrected chi connectivity index (χ3v) is 3.80. The molecule has 0 N–H and O–H groups in total. The number of rotatable bonds is 0. The van der Waals surface area contributed by atoms with Crippen molar-refractivity contribution in [3.63, 3.8) is 0 Å². The fourth-order valence-corrected chi connectivity index (χ4v) is 2.38. The van der Waals surface area contributed by atoms with Gasteiger partial charge in [-0.25, -0.2) is 4.79 Å². The zero-order valence-corrected chi connectivity index (χ0v) is 14.0. The molecular weight excluding hydrogens is 274 g/mol. The smallest absolute Gasteiger partial charge is 0.410 e. The van der Waals surface area contributed by atoms with Gasteiger partial charge < -0.3 is 9.64 Å². The van der Waals surface area contributed by atoms with Crippen molar-refractivity contribution in [3.8, 4) is 11.8 Å². The zero-order valence-electron chi connectivity index (χ0n) is 14.0. The first-order chi connectivity index (χ1) is 10.3. The van der Waals surface area contributed by atoms with Crippen LogP contribution in [-0.4, -0.2) is 29.7 Å². The van der Waals surface area contributed by atoms with E-state index in [4.69, 9.17) is 4.74 Å². The van der Waals surface area contributed by atoms with Gasteiger partial charge in [-0.15, -0.1) is 0 Å². The van der Waals surface area contributed by atoms with Crippen LogP contribution in [-0.2, 0) is 4.74 Å². The van der Waals surface area contributed by atoms with E-state index in [1.807, 2.05) is 51.1 Å². The highest BCUT2D eigenvalue weighted by Gasteiger charge is 2.32. The molecule has 0 radical (unpaired) electrons. The second-order valence-electron chi connectivity index (χ2n) is 7.14. The summed E-state index contributed by atoms with van der Waals surface area (Å²) in [6.07, 6.45) is 1.54. The Morgan fingerprint density at radius 3 is 2.32 bits per heavy atom. The highest BCUT2D eigenvalue weighted by atomic mass is 16.6. The molecule has 2 rings (SSSR count). The third-order valence-electron chi connectivity index (χ3n) is 3.80. The summed E-state index contributed by atoms with van der Waals surface area (Å²) in [6, 6.07) is 10.0. The summed E-state index contributed by atoms with van der Waals surface area (Å²) in [5.74, 6) is 6.65. The number of nitrogens with zero attached hydrogens (tertiary/aromatic N) is 1. The number of carbonyl (C=O) groups is 1. The summed E-state index contributed by atoms with van der Waals surface area (Å²) in [5, 5.41) is 0. The number of likely N-dealkylation sites (tertiary alicyclic amines) is 1. The minimum atomic E-state index is -0.440. The topological polar surface area (TPSA) is 29.5 Å². The van der Waals surface area contributed by atoms with E-state index in [1.165, 1.54) is 0 Å². The van der Waals surface area contributed by atoms with Crippen molar-refractivity contribution < 1.29 is 9.53 Å². The fourth-order valence-electron chi connectivity index (χ4n) is 2.38. The van der Waals surface area contributed by atoms with Gasteiger partial charge in [-0.2, -0.15) is 0 Å². The molecule has 0 aromatic heterocycles. The largest absolute Gasteiger partial charge is 0.444 e. The average Bonchev–Trinajstić information content (AvgIpc) is 2.45. The van der Waals surface area contributed by atoms with E-state index in [0.29, 0.717) is 13.1 Å². The van der Waals surface area contributed by atoms with Gasteiger partial charge in [0, 0.05) is 24.1 Å². The van der Waals surface area contributed by atoms with Crippen molar-refractivity contribution in [1.82, 2.24) is 4.90 Å². The number of benzene rings is 1. The van der Waals surface area contributed by atoms with Crippen LogP contribution in [0.2, 0.25) is 0 Å². The first-order valence-corrected chi connectivity index (χ1v) is 7.84. The standard InChI is InChI=1S/C19H25NO2/c1-18(2,3)22-17(21)20-14-12-19(4,13-15-20)11-10-16-8-6-5-7-9-16/h5-9H,12-15H2,1-4H3. The maximum absolute atomic E-state index is 12.1. The van der Waals surface area contributed by atoms with Gasteiger partial charge in [0.05, 0.1) is 0 Å². The molecule has 0 bridgehead atoms. The van der Waals surface area contributed by atoms with Crippen molar-refractivity contribution in [1.29, 1.82) is 0 Å². The van der Waals surface area contributed by atoms with Crippen LogP contribution in [0.15, 0.2) is 30.3 Å². The molecule has 1 aromatic rings. The summed E-state index contributed by atoms with van der Waals surface area (Å²) in [7, 11) is 0. The molecule has 1 amide bonds. The molecule has 1 aromatic carbocycles. The summed E-state index contributed by atoms with van der Waals surface area (Å²) in [5.41, 5.74) is 0.567. The van der Waals surface area contributed by atoms with Crippen LogP contribution in [0.4, 0.5) is 4.79 Å². The van der Waals surface area contributed by atoms with Gasteiger partial charge in [-0.1, -0.05) is 30.0 Å². The van der Waals surface area contributed by atoms with E-state index in [0.717, 1.165) is 18.4 Å². The van der Waals surface area contributed by atoms with E-state index in [9.17, 15) is 4.79 Å². The van der Waals surface area contributed by atoms with E-state index >= 15 is 0 Å². The molecule has 3 nitrogen and oxygen atoms in total. The Hall–Kier alpha value is -1.95. The summed E-state index contributed by atoms with van der Waals surface area (Å²) >= 11 is 0. The van der Waals surface area contributed by atoms with Crippen molar-refractivity contribution in [2.24, 2.45) is 5.41 Å². The molecule has 22 heavy (non-hydrogen) atoms. The maximum Gasteiger partial charge on any atom is 0.410 e. The summed E-state index contributed by atoms with van der Waals surface area (Å²) in [6.45, 7) is 9.26. The molecule has 0 spiro atoms. The molecule has 0 atom stereocenters. The second-order valence-corrected chi connectivity index (χ2v) is 7.14. The van der Waals surface area contributed by atoms with Crippen LogP contribution in [0.5, 0.6) is 0 Å². The van der Waals surface area contributed by atoms with Gasteiger partial charge in [0.1, 0.15) is 5.60 Å². The van der Waals surface area contributed by atoms with Gasteiger partial charge >= 0.3 is 6.09 Å². The van der Waals surface area contributed by atoms with Crippen molar-refractivity contribution in [2.75, 3.05) is 13.1 Å². The molecular formula is C19H25NO2. The van der Waals surface area contributed by atoms with Crippen molar-refractivity contribution in [2.45, 2.75) is 46.1 Å². The Bertz CT molecular complexity index is 567. The average molecular weight is 299 g/mol. The Labute approximate surface area is 133 Å². The van der Waals surface area contributed by atoms with Crippen LogP contribution in [0.25, 0.3) is 0 Å². The van der Waals surface area contributed by atoms with E-state index in [1.54, 1.807) is 4.90 Å². The SMILES string of the molecule is CC1(C#Cc2ccccc2)CCN(C(=O)OC(C)(C)C)CC1. The summed E-state index contributed by atoms with van der Waals surface area (Å²) in [4.78, 5) is 13.9. The maximum atomic E-state index is 12.1. The highest BCUT2D eigenvalue weighted by molar-refractivity contribution is 5.68. The van der Waals surface area contributed by atoms with Gasteiger partial charge in [0.25, 0.3) is 0 Å². The quantitative estimate of drug-likeness (QED) is 0.676. The number of piperidine rings is 1. The molecule has 1 aliphatic rings. The molecule has 0 saturated carbocycles. The van der Waals surface area contributed by atoms with Gasteiger partial charge in [-0.3, -0.25) is 0 Å². The third kappa shape index (κ3) is 4.80. The lowest BCUT2D eigenvalue weighted by atomic mass is 9.81. The molecule has 1 heterocycles. The van der Waals surface area contributed by atoms with Crippen molar-refractivity contribution >= 4 is 6.09 Å². The van der Waals surface area contributed by atoms with Crippen LogP contribution in [0, 0.1) is 17.3 Å². The first kappa shape index (κ1) is 16.4. The molecule has 1 saturated heterocycles. The number of amides is 1. The minimum absolute atomic E-state index is 0.0334. The van der Waals surface area contributed by atoms with Crippen LogP contribution in [0.3, 0.4) is 0 Å². The van der Waals surface area contributed by atoms with Crippen LogP contribution in [0.1, 0.15) is 46.1 Å². The predicted octanol–water partition coefficient (Wildman–Crippen LogP) is 4.08. The van der Waals surface area contributed by atoms with Crippen molar-refractivity contribution in [3.05, 3.63) is 35.9 Å². The van der Waals surface area contributed by atoms with E-state index in [2.05, 4.69) is 18.8 Å². The molecule has 118 valence electrons. The molecule has 1 aliphatic heterocycles. The summed E-state index contributed by atoms with van der Waals surface area (Å²) < 4.78 is 5.43. The lowest BCUT2D eigenvalue weighted by Crippen LogP contribution is -2.44. The zero-order chi connectivity index (χ0) is 16.2. The Morgan fingerprint density at radius 2 is 1.77 bits per heavy atom. The fraction of sp³-hybridized carbons (Fsp3) is 0.526. The van der Waals surface area contributed by atoms with Crippen LogP contribution < -0.4 is 0 Å². The highest BCUT2D eigenvalue weighted by Crippen LogP contribution is 2.30. The first-order valence-electron chi connectivity index (χ1n) is 7.84. The normalized spacial score (nSPS) is 17.4. The number of ether oxygens (including phenoxy) is 1. The van der Waals surface area contributed by atoms with E-state index in [-0.39, 0.29) is 11.5 Å². The molecule has 1 fully saturated rings. The Kier molecular flexibility index (Phi) is 4.81. The molecule has 0 aliphatic carbocycles. The second kappa shape index (κ2) is 6.44. The predicted molar refractivity (Wildman–Crippen MR) is 88.5 cm³/mol. The number of hydrogen-bond donors (Lipinski definition) is 0. The Balaban J connectivity index is 1.94. The monoisotopic (exact) mass is 299 g/mol. The lowest BCUT2D eigenvalue weighted by Gasteiger charge is -2.36. The molecule has 3 heteroatoms. The lowest BCUT2D eigenvalue weighted by molar-refractivity contribution is 0.0161. The van der Waals surface area contributed by atoms with Gasteiger partial charge in [-0.05, 0) is 52.7 Å². The minimum Gasteiger partial charge on any atom is -0.444 e. The number of hydrogen-bond acceptors (Lipinski definition) is 2. The Morgan fingerprint density at radius 1 is 1.18 bits per heavy atom. The van der Waals surface area contributed by atoms with Gasteiger partial charge in [0.2, 0.25) is 0 Å². The van der Waals surface area contributed by atoms with Gasteiger partial charge in [0.15, 0.2) is 0 Å². The van der Waals surface area contributed by atoms with E-state index < -0.39 is 5.60 Å². The van der Waals surface area contributed by atoms with Crippen LogP contribution >= 0.6 is 0 Å².